The molecular weight excluding hydrogens is 240 g/mol. The second kappa shape index (κ2) is 6.06. The Bertz CT molecular complexity index is 457. The molecule has 4 heteroatoms. The number of anilines is 1. The van der Waals surface area contributed by atoms with Crippen LogP contribution in [-0.4, -0.2) is 31.5 Å². The molecule has 0 fully saturated rings. The monoisotopic (exact) mass is 262 g/mol. The van der Waals surface area contributed by atoms with Gasteiger partial charge in [-0.05, 0) is 37.6 Å². The van der Waals surface area contributed by atoms with E-state index in [-0.39, 0.29) is 11.8 Å². The van der Waals surface area contributed by atoms with Crippen molar-refractivity contribution in [2.75, 3.05) is 25.0 Å². The number of ether oxygens (including phenoxy) is 1. The fourth-order valence-electron chi connectivity index (χ4n) is 2.05. The molecule has 0 aliphatic carbocycles. The highest BCUT2D eigenvalue weighted by Gasteiger charge is 2.18. The van der Waals surface area contributed by atoms with E-state index in [1.807, 2.05) is 25.1 Å². The molecule has 0 amide bonds. The summed E-state index contributed by atoms with van der Waals surface area (Å²) in [6.45, 7) is 8.47. The molecule has 1 heterocycles. The van der Waals surface area contributed by atoms with E-state index in [1.165, 1.54) is 0 Å². The summed E-state index contributed by atoms with van der Waals surface area (Å²) in [5, 5.41) is 6.51. The number of carbonyl (C=O) groups is 1. The maximum Gasteiger partial charge on any atom is 0.179 e. The van der Waals surface area contributed by atoms with Crippen LogP contribution in [0.15, 0.2) is 18.2 Å². The molecule has 1 aliphatic heterocycles. The molecule has 0 saturated heterocycles. The van der Waals surface area contributed by atoms with Crippen molar-refractivity contribution < 1.29 is 9.53 Å². The second-order valence-electron chi connectivity index (χ2n) is 5.37. The van der Waals surface area contributed by atoms with Gasteiger partial charge in [-0.25, -0.2) is 0 Å². The summed E-state index contributed by atoms with van der Waals surface area (Å²) in [5.74, 6) is 1.48. The van der Waals surface area contributed by atoms with Crippen molar-refractivity contribution in [3.63, 3.8) is 0 Å². The SMILES string of the molecule is CC(C)CNC(C)C(=O)c1ccc2c(c1)NCCO2. The molecule has 0 aromatic heterocycles. The van der Waals surface area contributed by atoms with Crippen LogP contribution >= 0.6 is 0 Å². The van der Waals surface area contributed by atoms with Gasteiger partial charge >= 0.3 is 0 Å². The van der Waals surface area contributed by atoms with Crippen molar-refractivity contribution in [3.8, 4) is 5.75 Å². The van der Waals surface area contributed by atoms with Crippen LogP contribution in [0.5, 0.6) is 5.75 Å². The van der Waals surface area contributed by atoms with Crippen LogP contribution < -0.4 is 15.4 Å². The van der Waals surface area contributed by atoms with Crippen LogP contribution in [0.1, 0.15) is 31.1 Å². The Morgan fingerprint density at radius 3 is 2.95 bits per heavy atom. The molecule has 1 aliphatic rings. The molecule has 2 rings (SSSR count). The summed E-state index contributed by atoms with van der Waals surface area (Å²) in [6.07, 6.45) is 0. The van der Waals surface area contributed by atoms with Crippen LogP contribution in [0.3, 0.4) is 0 Å². The molecule has 0 radical (unpaired) electrons. The Kier molecular flexibility index (Phi) is 4.43. The molecule has 19 heavy (non-hydrogen) atoms. The highest BCUT2D eigenvalue weighted by molar-refractivity contribution is 6.01. The minimum atomic E-state index is -0.162. The fourth-order valence-corrected chi connectivity index (χ4v) is 2.05. The van der Waals surface area contributed by atoms with Gasteiger partial charge in [0.25, 0.3) is 0 Å². The normalized spacial score (nSPS) is 15.4. The minimum Gasteiger partial charge on any atom is -0.490 e. The minimum absolute atomic E-state index is 0.121. The van der Waals surface area contributed by atoms with E-state index in [1.54, 1.807) is 0 Å². The third-order valence-electron chi connectivity index (χ3n) is 3.16. The van der Waals surface area contributed by atoms with Crippen molar-refractivity contribution in [3.05, 3.63) is 23.8 Å². The lowest BCUT2D eigenvalue weighted by atomic mass is 10.0. The first-order chi connectivity index (χ1) is 9.08. The lowest BCUT2D eigenvalue weighted by Gasteiger charge is -2.20. The van der Waals surface area contributed by atoms with E-state index in [9.17, 15) is 4.79 Å². The molecule has 104 valence electrons. The number of benzene rings is 1. The van der Waals surface area contributed by atoms with Gasteiger partial charge in [0.2, 0.25) is 0 Å². The second-order valence-corrected chi connectivity index (χ2v) is 5.37. The molecule has 2 N–H and O–H groups in total. The predicted octanol–water partition coefficient (Wildman–Crippen LogP) is 2.31. The van der Waals surface area contributed by atoms with E-state index in [2.05, 4.69) is 24.5 Å². The Balaban J connectivity index is 2.06. The number of carbonyl (C=O) groups excluding carboxylic acids is 1. The van der Waals surface area contributed by atoms with Crippen molar-refractivity contribution in [2.45, 2.75) is 26.8 Å². The Labute approximate surface area is 114 Å². The zero-order valence-corrected chi connectivity index (χ0v) is 11.8. The quantitative estimate of drug-likeness (QED) is 0.800. The molecule has 1 atom stereocenters. The van der Waals surface area contributed by atoms with E-state index in [4.69, 9.17) is 4.74 Å². The standard InChI is InChI=1S/C15H22N2O2/c1-10(2)9-17-11(3)15(18)12-4-5-14-13(8-12)16-6-7-19-14/h4-5,8,10-11,16-17H,6-7,9H2,1-3H3. The summed E-state index contributed by atoms with van der Waals surface area (Å²) >= 11 is 0. The first kappa shape index (κ1) is 13.9. The Hall–Kier alpha value is -1.55. The number of Topliss-reactive ketones (excluding diaryl/α,β-unsaturated/α-hetero) is 1. The maximum absolute atomic E-state index is 12.3. The zero-order valence-electron chi connectivity index (χ0n) is 11.8. The molecule has 1 aromatic carbocycles. The predicted molar refractivity (Wildman–Crippen MR) is 77.1 cm³/mol. The average Bonchev–Trinajstić information content (AvgIpc) is 2.43. The van der Waals surface area contributed by atoms with Gasteiger partial charge in [0, 0.05) is 12.1 Å². The number of hydrogen-bond donors (Lipinski definition) is 2. The molecule has 1 aromatic rings. The summed E-state index contributed by atoms with van der Waals surface area (Å²) in [4.78, 5) is 12.3. The number of hydrogen-bond acceptors (Lipinski definition) is 4. The van der Waals surface area contributed by atoms with Crippen LogP contribution in [0, 0.1) is 5.92 Å². The first-order valence-corrected chi connectivity index (χ1v) is 6.86. The molecular formula is C15H22N2O2. The van der Waals surface area contributed by atoms with Gasteiger partial charge in [-0.3, -0.25) is 4.79 Å². The topological polar surface area (TPSA) is 50.4 Å². The smallest absolute Gasteiger partial charge is 0.179 e. The molecule has 0 saturated carbocycles. The van der Waals surface area contributed by atoms with Crippen LogP contribution in [-0.2, 0) is 0 Å². The van der Waals surface area contributed by atoms with Crippen LogP contribution in [0.2, 0.25) is 0 Å². The number of rotatable bonds is 5. The van der Waals surface area contributed by atoms with Gasteiger partial charge in [-0.1, -0.05) is 13.8 Å². The summed E-state index contributed by atoms with van der Waals surface area (Å²) in [5.41, 5.74) is 1.63. The fraction of sp³-hybridized carbons (Fsp3) is 0.533. The van der Waals surface area contributed by atoms with Crippen molar-refractivity contribution in [1.82, 2.24) is 5.32 Å². The van der Waals surface area contributed by atoms with Crippen molar-refractivity contribution >= 4 is 11.5 Å². The Morgan fingerprint density at radius 2 is 2.21 bits per heavy atom. The number of nitrogens with one attached hydrogen (secondary N) is 2. The zero-order chi connectivity index (χ0) is 13.8. The first-order valence-electron chi connectivity index (χ1n) is 6.86. The highest BCUT2D eigenvalue weighted by Crippen LogP contribution is 2.28. The van der Waals surface area contributed by atoms with E-state index < -0.39 is 0 Å². The average molecular weight is 262 g/mol. The van der Waals surface area contributed by atoms with Gasteiger partial charge in [-0.15, -0.1) is 0 Å². The molecule has 0 spiro atoms. The molecule has 0 bridgehead atoms. The van der Waals surface area contributed by atoms with Crippen molar-refractivity contribution in [2.24, 2.45) is 5.92 Å². The lowest BCUT2D eigenvalue weighted by molar-refractivity contribution is 0.0949. The third-order valence-corrected chi connectivity index (χ3v) is 3.16. The lowest BCUT2D eigenvalue weighted by Crippen LogP contribution is -2.36. The number of ketones is 1. The van der Waals surface area contributed by atoms with Gasteiger partial charge in [0.15, 0.2) is 5.78 Å². The molecule has 4 nitrogen and oxygen atoms in total. The summed E-state index contributed by atoms with van der Waals surface area (Å²) in [7, 11) is 0. The van der Waals surface area contributed by atoms with E-state index in [0.29, 0.717) is 12.5 Å². The van der Waals surface area contributed by atoms with E-state index >= 15 is 0 Å². The maximum atomic E-state index is 12.3. The van der Waals surface area contributed by atoms with Crippen molar-refractivity contribution in [1.29, 1.82) is 0 Å². The summed E-state index contributed by atoms with van der Waals surface area (Å²) in [6, 6.07) is 5.42. The highest BCUT2D eigenvalue weighted by atomic mass is 16.5. The van der Waals surface area contributed by atoms with Gasteiger partial charge < -0.3 is 15.4 Å². The number of fused-ring (bicyclic) bond motifs is 1. The van der Waals surface area contributed by atoms with Gasteiger partial charge in [0.05, 0.1) is 11.7 Å². The van der Waals surface area contributed by atoms with Crippen LogP contribution in [0.4, 0.5) is 5.69 Å². The molecule has 1 unspecified atom stereocenters. The van der Waals surface area contributed by atoms with E-state index in [0.717, 1.165) is 30.1 Å². The van der Waals surface area contributed by atoms with Gasteiger partial charge in [-0.2, -0.15) is 0 Å². The summed E-state index contributed by atoms with van der Waals surface area (Å²) < 4.78 is 5.51. The Morgan fingerprint density at radius 1 is 1.42 bits per heavy atom. The largest absolute Gasteiger partial charge is 0.490 e. The third kappa shape index (κ3) is 3.47. The van der Waals surface area contributed by atoms with Crippen LogP contribution in [0.25, 0.3) is 0 Å². The van der Waals surface area contributed by atoms with Gasteiger partial charge in [0.1, 0.15) is 12.4 Å².